The summed E-state index contributed by atoms with van der Waals surface area (Å²) in [7, 11) is 0. The van der Waals surface area contributed by atoms with Gasteiger partial charge in [0.2, 0.25) is 0 Å². The van der Waals surface area contributed by atoms with Gasteiger partial charge in [-0.25, -0.2) is 0 Å². The van der Waals surface area contributed by atoms with Gasteiger partial charge in [0.05, 0.1) is 26.0 Å². The van der Waals surface area contributed by atoms with Gasteiger partial charge in [-0.15, -0.1) is 23.1 Å². The molecule has 1 unspecified atom stereocenters. The summed E-state index contributed by atoms with van der Waals surface area (Å²) < 4.78 is 2.28. The molecule has 20 heavy (non-hydrogen) atoms. The van der Waals surface area contributed by atoms with Crippen LogP contribution in [0.3, 0.4) is 0 Å². The third-order valence-electron chi connectivity index (χ3n) is 3.24. The lowest BCUT2D eigenvalue weighted by Gasteiger charge is -2.29. The van der Waals surface area contributed by atoms with E-state index in [1.807, 2.05) is 23.9 Å². The van der Waals surface area contributed by atoms with Crippen LogP contribution >= 0.6 is 62.2 Å². The monoisotopic (exact) mass is 407 g/mol. The Morgan fingerprint density at radius 3 is 2.70 bits per heavy atom. The fourth-order valence-corrected chi connectivity index (χ4v) is 6.22. The average Bonchev–Trinajstić information content (AvgIpc) is 2.81. The van der Waals surface area contributed by atoms with Crippen LogP contribution in [-0.4, -0.2) is 5.25 Å². The molecule has 1 aromatic heterocycles. The van der Waals surface area contributed by atoms with Crippen molar-refractivity contribution >= 4 is 67.9 Å². The molecule has 0 spiro atoms. The number of anilines is 1. The highest BCUT2D eigenvalue weighted by Gasteiger charge is 2.27. The van der Waals surface area contributed by atoms with Gasteiger partial charge in [-0.1, -0.05) is 46.1 Å². The van der Waals surface area contributed by atoms with Crippen molar-refractivity contribution in [3.63, 3.8) is 0 Å². The number of thioether (sulfide) groups is 1. The van der Waals surface area contributed by atoms with Crippen LogP contribution in [0, 0.1) is 0 Å². The molecule has 1 aliphatic heterocycles. The summed E-state index contributed by atoms with van der Waals surface area (Å²) in [4.78, 5) is 0. The molecule has 2 aromatic rings. The fourth-order valence-electron chi connectivity index (χ4n) is 2.34. The Morgan fingerprint density at radius 1 is 1.30 bits per heavy atom. The van der Waals surface area contributed by atoms with E-state index in [2.05, 4.69) is 39.6 Å². The van der Waals surface area contributed by atoms with Crippen molar-refractivity contribution < 1.29 is 0 Å². The third-order valence-corrected chi connectivity index (χ3v) is 6.63. The molecule has 2 atom stereocenters. The van der Waals surface area contributed by atoms with E-state index in [0.29, 0.717) is 15.3 Å². The molecule has 0 saturated heterocycles. The first-order valence-corrected chi connectivity index (χ1v) is 9.50. The summed E-state index contributed by atoms with van der Waals surface area (Å²) in [5, 5.41) is 7.55. The predicted molar refractivity (Wildman–Crippen MR) is 94.8 cm³/mol. The topological polar surface area (TPSA) is 12.0 Å². The number of hydrogen-bond donors (Lipinski definition) is 1. The van der Waals surface area contributed by atoms with Gasteiger partial charge in [0.1, 0.15) is 0 Å². The zero-order valence-corrected chi connectivity index (χ0v) is 15.4. The zero-order valence-electron chi connectivity index (χ0n) is 10.6. The van der Waals surface area contributed by atoms with Gasteiger partial charge in [-0.2, -0.15) is 0 Å². The summed E-state index contributed by atoms with van der Waals surface area (Å²) >= 11 is 19.8. The number of fused-ring (bicyclic) bond motifs is 1. The van der Waals surface area contributed by atoms with Crippen LogP contribution in [0.15, 0.2) is 32.3 Å². The Morgan fingerprint density at radius 2 is 2.00 bits per heavy atom. The van der Waals surface area contributed by atoms with Crippen molar-refractivity contribution in [2.75, 3.05) is 5.32 Å². The number of rotatable bonds is 2. The standard InChI is InChI=1S/C14H12BrCl2NS2/c1-7-4-12(9-2-3-19-14(9)20-7)18-13-10(16)5-8(15)6-11(13)17/h2-3,5-7,12,18H,4H2,1H3/t7-,12?/m0/s1. The molecule has 6 heteroatoms. The van der Waals surface area contributed by atoms with Crippen LogP contribution < -0.4 is 5.32 Å². The number of thiophene rings is 1. The largest absolute Gasteiger partial charge is 0.376 e. The lowest BCUT2D eigenvalue weighted by molar-refractivity contribution is 0.670. The SMILES string of the molecule is C[C@H]1CC(Nc2c(Cl)cc(Br)cc2Cl)c2ccsc2S1. The lowest BCUT2D eigenvalue weighted by Crippen LogP contribution is -2.19. The van der Waals surface area contributed by atoms with Gasteiger partial charge < -0.3 is 5.32 Å². The van der Waals surface area contributed by atoms with Gasteiger partial charge in [0, 0.05) is 9.72 Å². The highest BCUT2D eigenvalue weighted by Crippen LogP contribution is 2.46. The summed E-state index contributed by atoms with van der Waals surface area (Å²) in [5.74, 6) is 0. The molecule has 0 fully saturated rings. The second-order valence-electron chi connectivity index (χ2n) is 4.77. The van der Waals surface area contributed by atoms with E-state index in [0.717, 1.165) is 16.6 Å². The van der Waals surface area contributed by atoms with Crippen LogP contribution in [-0.2, 0) is 0 Å². The van der Waals surface area contributed by atoms with E-state index >= 15 is 0 Å². The quantitative estimate of drug-likeness (QED) is 0.582. The first-order valence-electron chi connectivity index (χ1n) is 6.19. The van der Waals surface area contributed by atoms with Crippen molar-refractivity contribution in [1.82, 2.24) is 0 Å². The molecule has 0 aliphatic carbocycles. The first kappa shape index (κ1) is 15.0. The molecule has 3 rings (SSSR count). The molecule has 2 heterocycles. The molecule has 1 N–H and O–H groups in total. The number of benzene rings is 1. The number of halogens is 3. The molecule has 0 radical (unpaired) electrons. The van der Waals surface area contributed by atoms with Crippen molar-refractivity contribution in [3.05, 3.63) is 43.7 Å². The maximum absolute atomic E-state index is 6.31. The van der Waals surface area contributed by atoms with Crippen molar-refractivity contribution in [2.24, 2.45) is 0 Å². The maximum atomic E-state index is 6.31. The molecular formula is C14H12BrCl2NS2. The number of nitrogens with one attached hydrogen (secondary N) is 1. The van der Waals surface area contributed by atoms with Gasteiger partial charge in [0.15, 0.2) is 0 Å². The highest BCUT2D eigenvalue weighted by atomic mass is 79.9. The van der Waals surface area contributed by atoms with Gasteiger partial charge >= 0.3 is 0 Å². The van der Waals surface area contributed by atoms with Crippen molar-refractivity contribution in [3.8, 4) is 0 Å². The highest BCUT2D eigenvalue weighted by molar-refractivity contribution is 9.10. The summed E-state index contributed by atoms with van der Waals surface area (Å²) in [5.41, 5.74) is 2.17. The smallest absolute Gasteiger partial charge is 0.0724 e. The van der Waals surface area contributed by atoms with E-state index in [9.17, 15) is 0 Å². The fraction of sp³-hybridized carbons (Fsp3) is 0.286. The van der Waals surface area contributed by atoms with Gasteiger partial charge in [0.25, 0.3) is 0 Å². The van der Waals surface area contributed by atoms with Crippen molar-refractivity contribution in [1.29, 1.82) is 0 Å². The van der Waals surface area contributed by atoms with E-state index in [-0.39, 0.29) is 6.04 Å². The van der Waals surface area contributed by atoms with E-state index < -0.39 is 0 Å². The van der Waals surface area contributed by atoms with Crippen LogP contribution in [0.2, 0.25) is 10.0 Å². The second kappa shape index (κ2) is 6.09. The van der Waals surface area contributed by atoms with Gasteiger partial charge in [-0.3, -0.25) is 0 Å². The minimum atomic E-state index is 0.267. The number of hydrogen-bond acceptors (Lipinski definition) is 3. The zero-order chi connectivity index (χ0) is 14.3. The first-order chi connectivity index (χ1) is 9.54. The van der Waals surface area contributed by atoms with Gasteiger partial charge in [-0.05, 0) is 35.6 Å². The summed E-state index contributed by atoms with van der Waals surface area (Å²) in [6.45, 7) is 2.26. The normalized spacial score (nSPS) is 21.6. The predicted octanol–water partition coefficient (Wildman–Crippen LogP) is 6.85. The van der Waals surface area contributed by atoms with Crippen LogP contribution in [0.4, 0.5) is 5.69 Å². The second-order valence-corrected chi connectivity index (χ2v) is 9.12. The molecule has 1 nitrogen and oxygen atoms in total. The Balaban J connectivity index is 1.93. The minimum Gasteiger partial charge on any atom is -0.376 e. The Kier molecular flexibility index (Phi) is 4.58. The van der Waals surface area contributed by atoms with E-state index in [1.54, 1.807) is 11.3 Å². The van der Waals surface area contributed by atoms with E-state index in [4.69, 9.17) is 23.2 Å². The lowest BCUT2D eigenvalue weighted by atomic mass is 10.0. The molecular weight excluding hydrogens is 397 g/mol. The molecule has 1 aromatic carbocycles. The Labute approximate surface area is 145 Å². The third kappa shape index (κ3) is 3.00. The van der Waals surface area contributed by atoms with Crippen LogP contribution in [0.25, 0.3) is 0 Å². The minimum absolute atomic E-state index is 0.267. The molecule has 1 aliphatic rings. The Bertz CT molecular complexity index is 621. The summed E-state index contributed by atoms with van der Waals surface area (Å²) in [6, 6.07) is 6.19. The maximum Gasteiger partial charge on any atom is 0.0724 e. The van der Waals surface area contributed by atoms with Crippen molar-refractivity contribution in [2.45, 2.75) is 28.8 Å². The molecule has 0 bridgehead atoms. The molecule has 106 valence electrons. The van der Waals surface area contributed by atoms with Crippen LogP contribution in [0.5, 0.6) is 0 Å². The van der Waals surface area contributed by atoms with E-state index in [1.165, 1.54) is 9.77 Å². The molecule has 0 amide bonds. The summed E-state index contributed by atoms with van der Waals surface area (Å²) in [6.07, 6.45) is 1.07. The average molecular weight is 409 g/mol. The Hall–Kier alpha value is 0.130. The van der Waals surface area contributed by atoms with Crippen LogP contribution in [0.1, 0.15) is 24.9 Å². The molecule has 0 saturated carbocycles.